The van der Waals surface area contributed by atoms with Gasteiger partial charge in [0.1, 0.15) is 0 Å². The Morgan fingerprint density at radius 1 is 1.50 bits per heavy atom. The highest BCUT2D eigenvalue weighted by molar-refractivity contribution is 5.25. The van der Waals surface area contributed by atoms with Crippen molar-refractivity contribution in [2.75, 3.05) is 13.1 Å². The Balaban J connectivity index is 1.99. The topological polar surface area (TPSA) is 29.3 Å². The van der Waals surface area contributed by atoms with Gasteiger partial charge in [0.15, 0.2) is 0 Å². The van der Waals surface area contributed by atoms with Gasteiger partial charge in [-0.1, -0.05) is 29.8 Å². The zero-order chi connectivity index (χ0) is 11.5. The summed E-state index contributed by atoms with van der Waals surface area (Å²) in [4.78, 5) is 2.51. The molecule has 1 fully saturated rings. The van der Waals surface area contributed by atoms with Gasteiger partial charge in [0.25, 0.3) is 0 Å². The molecule has 1 aromatic carbocycles. The van der Waals surface area contributed by atoms with Crippen LogP contribution in [-0.4, -0.2) is 24.0 Å². The fourth-order valence-corrected chi connectivity index (χ4v) is 2.52. The van der Waals surface area contributed by atoms with Gasteiger partial charge in [0.2, 0.25) is 0 Å². The average molecular weight is 218 g/mol. The summed E-state index contributed by atoms with van der Waals surface area (Å²) < 4.78 is 0. The highest BCUT2D eigenvalue weighted by Crippen LogP contribution is 2.20. The van der Waals surface area contributed by atoms with E-state index in [1.807, 2.05) is 0 Å². The lowest BCUT2D eigenvalue weighted by Crippen LogP contribution is -2.34. The Bertz CT molecular complexity index is 348. The van der Waals surface area contributed by atoms with Crippen molar-refractivity contribution in [1.82, 2.24) is 4.90 Å². The first-order chi connectivity index (χ1) is 7.66. The molecule has 0 saturated carbocycles. The summed E-state index contributed by atoms with van der Waals surface area (Å²) in [6.07, 6.45) is 2.64. The number of benzene rings is 1. The Labute approximate surface area is 98.4 Å². The summed E-state index contributed by atoms with van der Waals surface area (Å²) in [5, 5.41) is 0. The Kier molecular flexibility index (Phi) is 3.62. The largest absolute Gasteiger partial charge is 0.323 e. The summed E-state index contributed by atoms with van der Waals surface area (Å²) in [5.41, 5.74) is 8.82. The molecule has 2 N–H and O–H groups in total. The van der Waals surface area contributed by atoms with E-state index in [1.54, 1.807) is 0 Å². The number of nitrogens with zero attached hydrogens (tertiary/aromatic N) is 1. The number of nitrogens with two attached hydrogens (primary N) is 1. The van der Waals surface area contributed by atoms with Crippen LogP contribution < -0.4 is 5.73 Å². The van der Waals surface area contributed by atoms with Crippen LogP contribution in [0.25, 0.3) is 0 Å². The van der Waals surface area contributed by atoms with Crippen LogP contribution in [0.3, 0.4) is 0 Å². The van der Waals surface area contributed by atoms with Crippen LogP contribution in [0.5, 0.6) is 0 Å². The second-order valence-electron chi connectivity index (χ2n) is 5.01. The third-order valence-corrected chi connectivity index (χ3v) is 3.59. The molecule has 0 amide bonds. The van der Waals surface area contributed by atoms with Gasteiger partial charge >= 0.3 is 0 Å². The van der Waals surface area contributed by atoms with Gasteiger partial charge in [-0.2, -0.15) is 0 Å². The van der Waals surface area contributed by atoms with Crippen molar-refractivity contribution >= 4 is 0 Å². The van der Waals surface area contributed by atoms with Crippen LogP contribution in [0.15, 0.2) is 24.3 Å². The van der Waals surface area contributed by atoms with Crippen LogP contribution in [0.4, 0.5) is 0 Å². The predicted molar refractivity (Wildman–Crippen MR) is 68.4 cm³/mol. The number of aryl methyl sites for hydroxylation is 1. The third-order valence-electron chi connectivity index (χ3n) is 3.59. The summed E-state index contributed by atoms with van der Waals surface area (Å²) in [6, 6.07) is 9.41. The molecule has 0 radical (unpaired) electrons. The van der Waals surface area contributed by atoms with Crippen LogP contribution >= 0.6 is 0 Å². The van der Waals surface area contributed by atoms with Gasteiger partial charge in [-0.15, -0.1) is 0 Å². The number of rotatable bonds is 3. The standard InChI is InChI=1S/C14H22N2/c1-11-5-3-7-13(9-11)14(15)10-16-8-4-6-12(16)2/h3,5,7,9,12,14H,4,6,8,10,15H2,1-2H3. The van der Waals surface area contributed by atoms with Crippen molar-refractivity contribution in [1.29, 1.82) is 0 Å². The van der Waals surface area contributed by atoms with Gasteiger partial charge < -0.3 is 5.73 Å². The second-order valence-corrected chi connectivity index (χ2v) is 5.01. The average Bonchev–Trinajstić information content (AvgIpc) is 2.64. The maximum atomic E-state index is 6.26. The van der Waals surface area contributed by atoms with E-state index in [-0.39, 0.29) is 6.04 Å². The summed E-state index contributed by atoms with van der Waals surface area (Å²) >= 11 is 0. The molecule has 1 saturated heterocycles. The SMILES string of the molecule is Cc1cccc(C(N)CN2CCCC2C)c1. The fraction of sp³-hybridized carbons (Fsp3) is 0.571. The van der Waals surface area contributed by atoms with Gasteiger partial charge in [-0.3, -0.25) is 4.90 Å². The molecule has 2 rings (SSSR count). The molecule has 2 heteroatoms. The van der Waals surface area contributed by atoms with E-state index >= 15 is 0 Å². The number of likely N-dealkylation sites (tertiary alicyclic amines) is 1. The minimum Gasteiger partial charge on any atom is -0.323 e. The molecular formula is C14H22N2. The molecule has 0 aliphatic carbocycles. The highest BCUT2D eigenvalue weighted by atomic mass is 15.2. The van der Waals surface area contributed by atoms with Crippen LogP contribution in [0, 0.1) is 6.92 Å². The number of hydrogen-bond donors (Lipinski definition) is 1. The van der Waals surface area contributed by atoms with E-state index in [2.05, 4.69) is 43.0 Å². The van der Waals surface area contributed by atoms with Crippen molar-refractivity contribution in [3.8, 4) is 0 Å². The molecule has 2 atom stereocenters. The quantitative estimate of drug-likeness (QED) is 0.844. The van der Waals surface area contributed by atoms with E-state index in [0.29, 0.717) is 6.04 Å². The molecular weight excluding hydrogens is 196 g/mol. The predicted octanol–water partition coefficient (Wildman–Crippen LogP) is 2.48. The Hall–Kier alpha value is -0.860. The maximum absolute atomic E-state index is 6.26. The minimum absolute atomic E-state index is 0.153. The zero-order valence-corrected chi connectivity index (χ0v) is 10.3. The van der Waals surface area contributed by atoms with Crippen LogP contribution in [0.1, 0.15) is 36.9 Å². The van der Waals surface area contributed by atoms with Crippen molar-refractivity contribution in [2.45, 2.75) is 38.8 Å². The van der Waals surface area contributed by atoms with Crippen LogP contribution in [-0.2, 0) is 0 Å². The monoisotopic (exact) mass is 218 g/mol. The maximum Gasteiger partial charge on any atom is 0.0424 e. The molecule has 1 heterocycles. The molecule has 0 spiro atoms. The number of hydrogen-bond acceptors (Lipinski definition) is 2. The van der Waals surface area contributed by atoms with E-state index in [1.165, 1.54) is 30.5 Å². The summed E-state index contributed by atoms with van der Waals surface area (Å²) in [6.45, 7) is 6.62. The summed E-state index contributed by atoms with van der Waals surface area (Å²) in [5.74, 6) is 0. The van der Waals surface area contributed by atoms with Gasteiger partial charge in [0.05, 0.1) is 0 Å². The molecule has 1 aliphatic rings. The Morgan fingerprint density at radius 3 is 2.94 bits per heavy atom. The van der Waals surface area contributed by atoms with Gasteiger partial charge in [-0.25, -0.2) is 0 Å². The molecule has 0 bridgehead atoms. The van der Waals surface area contributed by atoms with Crippen molar-refractivity contribution in [2.24, 2.45) is 5.73 Å². The van der Waals surface area contributed by atoms with Crippen molar-refractivity contribution in [3.05, 3.63) is 35.4 Å². The highest BCUT2D eigenvalue weighted by Gasteiger charge is 2.22. The normalized spacial score (nSPS) is 23.6. The zero-order valence-electron chi connectivity index (χ0n) is 10.3. The fourth-order valence-electron chi connectivity index (χ4n) is 2.52. The third kappa shape index (κ3) is 2.63. The molecule has 1 aliphatic heterocycles. The summed E-state index contributed by atoms with van der Waals surface area (Å²) in [7, 11) is 0. The van der Waals surface area contributed by atoms with Crippen molar-refractivity contribution < 1.29 is 0 Å². The first-order valence-electron chi connectivity index (χ1n) is 6.23. The molecule has 16 heavy (non-hydrogen) atoms. The molecule has 2 nitrogen and oxygen atoms in total. The molecule has 88 valence electrons. The second kappa shape index (κ2) is 4.98. The molecule has 2 unspecified atom stereocenters. The Morgan fingerprint density at radius 2 is 2.31 bits per heavy atom. The van der Waals surface area contributed by atoms with E-state index < -0.39 is 0 Å². The molecule has 0 aromatic heterocycles. The first kappa shape index (κ1) is 11.6. The van der Waals surface area contributed by atoms with Gasteiger partial charge in [0, 0.05) is 18.6 Å². The lowest BCUT2D eigenvalue weighted by atomic mass is 10.0. The lowest BCUT2D eigenvalue weighted by Gasteiger charge is -2.25. The molecule has 1 aromatic rings. The van der Waals surface area contributed by atoms with E-state index in [4.69, 9.17) is 5.73 Å². The van der Waals surface area contributed by atoms with Crippen LogP contribution in [0.2, 0.25) is 0 Å². The van der Waals surface area contributed by atoms with Gasteiger partial charge in [-0.05, 0) is 38.8 Å². The first-order valence-corrected chi connectivity index (χ1v) is 6.23. The van der Waals surface area contributed by atoms with Crippen molar-refractivity contribution in [3.63, 3.8) is 0 Å². The smallest absolute Gasteiger partial charge is 0.0424 e. The minimum atomic E-state index is 0.153. The van der Waals surface area contributed by atoms with E-state index in [0.717, 1.165) is 6.54 Å². The van der Waals surface area contributed by atoms with E-state index in [9.17, 15) is 0 Å². The lowest BCUT2D eigenvalue weighted by molar-refractivity contribution is 0.252.